The summed E-state index contributed by atoms with van der Waals surface area (Å²) in [5.74, 6) is -2.01. The summed E-state index contributed by atoms with van der Waals surface area (Å²) in [5, 5.41) is 25.2. The molecule has 8 heteroatoms. The number of nitrogens with one attached hydrogen (secondary N) is 2. The van der Waals surface area contributed by atoms with Gasteiger partial charge in [0.15, 0.2) is 0 Å². The van der Waals surface area contributed by atoms with Crippen molar-refractivity contribution in [2.75, 3.05) is 13.1 Å². The highest BCUT2D eigenvalue weighted by molar-refractivity contribution is 5.81. The van der Waals surface area contributed by atoms with Crippen LogP contribution in [0.5, 0.6) is 0 Å². The van der Waals surface area contributed by atoms with Gasteiger partial charge in [0.2, 0.25) is 5.91 Å². The minimum absolute atomic E-state index is 0.00427. The van der Waals surface area contributed by atoms with Gasteiger partial charge in [0.1, 0.15) is 12.7 Å². The lowest BCUT2D eigenvalue weighted by Gasteiger charge is -2.29. The van der Waals surface area contributed by atoms with E-state index in [0.29, 0.717) is 0 Å². The number of aliphatic hydroxyl groups excluding tert-OH is 1. The second kappa shape index (κ2) is 9.63. The molecule has 0 aliphatic carbocycles. The monoisotopic (exact) mass is 351 g/mol. The van der Waals surface area contributed by atoms with Gasteiger partial charge in [-0.15, -0.1) is 0 Å². The molecule has 0 heterocycles. The van der Waals surface area contributed by atoms with Crippen molar-refractivity contribution < 1.29 is 29.3 Å². The number of alkyl carbamates (subject to hydrolysis) is 1. The Hall–Kier alpha value is -2.61. The molecule has 1 rings (SSSR count). The molecule has 0 aliphatic rings. The highest BCUT2D eigenvalue weighted by Crippen LogP contribution is 2.19. The van der Waals surface area contributed by atoms with Crippen LogP contribution < -0.4 is 15.7 Å². The van der Waals surface area contributed by atoms with Crippen LogP contribution in [0.2, 0.25) is 0 Å². The molecule has 0 radical (unpaired) electrons. The Morgan fingerprint density at radius 3 is 2.44 bits per heavy atom. The first-order chi connectivity index (χ1) is 11.7. The first-order valence-electron chi connectivity index (χ1n) is 7.82. The van der Waals surface area contributed by atoms with Crippen molar-refractivity contribution in [3.05, 3.63) is 35.9 Å². The Kier molecular flexibility index (Phi) is 7.87. The van der Waals surface area contributed by atoms with Crippen LogP contribution in [0.4, 0.5) is 4.79 Å². The maximum Gasteiger partial charge on any atom is 0.407 e. The van der Waals surface area contributed by atoms with Gasteiger partial charge in [-0.1, -0.05) is 44.2 Å². The van der Waals surface area contributed by atoms with E-state index in [-0.39, 0.29) is 26.1 Å². The van der Waals surface area contributed by atoms with Crippen molar-refractivity contribution in [1.82, 2.24) is 10.6 Å². The maximum atomic E-state index is 11.8. The summed E-state index contributed by atoms with van der Waals surface area (Å²) >= 11 is 0. The van der Waals surface area contributed by atoms with Crippen molar-refractivity contribution >= 4 is 18.0 Å². The third-order valence-electron chi connectivity index (χ3n) is 3.52. The molecule has 0 saturated carbocycles. The summed E-state index contributed by atoms with van der Waals surface area (Å²) in [7, 11) is 0. The Labute approximate surface area is 146 Å². The van der Waals surface area contributed by atoms with Crippen LogP contribution in [0.25, 0.3) is 0 Å². The number of carboxylic acids is 1. The van der Waals surface area contributed by atoms with Crippen molar-refractivity contribution in [2.24, 2.45) is 5.41 Å². The Morgan fingerprint density at radius 2 is 1.84 bits per heavy atom. The number of carbonyl (C=O) groups excluding carboxylic acids is 3. The summed E-state index contributed by atoms with van der Waals surface area (Å²) in [6, 6.07) is 9.14. The highest BCUT2D eigenvalue weighted by atomic mass is 16.5. The lowest BCUT2D eigenvalue weighted by atomic mass is 9.86. The number of benzene rings is 1. The second-order valence-electron chi connectivity index (χ2n) is 6.22. The van der Waals surface area contributed by atoms with Crippen LogP contribution in [0.15, 0.2) is 30.3 Å². The molecular weight excluding hydrogens is 328 g/mol. The first-order valence-corrected chi connectivity index (χ1v) is 7.82. The number of hydrogen-bond acceptors (Lipinski definition) is 6. The molecule has 0 saturated heterocycles. The van der Waals surface area contributed by atoms with Gasteiger partial charge in [0, 0.05) is 30.9 Å². The number of carbonyl (C=O) groups is 3. The standard InChI is InChI=1S/C17H24N2O6/c1-17(2,14(22)15(23)18-9-8-13(20)21)11-19-16(24)25-10-12-6-4-3-5-7-12/h3-7,14,22H,8-11H2,1-2H3,(H,18,23)(H,19,24)(H,20,21)/p-1/t14-/m0/s1. The average molecular weight is 351 g/mol. The number of carboxylic acid groups (broad SMARTS) is 1. The fourth-order valence-electron chi connectivity index (χ4n) is 1.91. The summed E-state index contributed by atoms with van der Waals surface area (Å²) in [4.78, 5) is 33.8. The number of hydrogen-bond donors (Lipinski definition) is 3. The largest absolute Gasteiger partial charge is 0.550 e. The van der Waals surface area contributed by atoms with Crippen LogP contribution in [0, 0.1) is 5.41 Å². The van der Waals surface area contributed by atoms with Gasteiger partial charge in [-0.3, -0.25) is 4.79 Å². The Balaban J connectivity index is 2.38. The molecule has 3 N–H and O–H groups in total. The lowest BCUT2D eigenvalue weighted by molar-refractivity contribution is -0.305. The van der Waals surface area contributed by atoms with Crippen LogP contribution in [-0.2, 0) is 20.9 Å². The van der Waals surface area contributed by atoms with E-state index in [4.69, 9.17) is 4.74 Å². The first kappa shape index (κ1) is 20.4. The zero-order valence-electron chi connectivity index (χ0n) is 14.3. The predicted molar refractivity (Wildman–Crippen MR) is 87.1 cm³/mol. The van der Waals surface area contributed by atoms with Gasteiger partial charge in [-0.05, 0) is 5.56 Å². The van der Waals surface area contributed by atoms with Crippen molar-refractivity contribution in [1.29, 1.82) is 0 Å². The normalized spacial score (nSPS) is 12.1. The van der Waals surface area contributed by atoms with E-state index in [2.05, 4.69) is 10.6 Å². The van der Waals surface area contributed by atoms with E-state index in [0.717, 1.165) is 5.56 Å². The van der Waals surface area contributed by atoms with Gasteiger partial charge in [0.05, 0.1) is 0 Å². The van der Waals surface area contributed by atoms with E-state index in [9.17, 15) is 24.6 Å². The van der Waals surface area contributed by atoms with Crippen LogP contribution in [0.1, 0.15) is 25.8 Å². The number of aliphatic carboxylic acids is 1. The van der Waals surface area contributed by atoms with Crippen LogP contribution >= 0.6 is 0 Å². The number of rotatable bonds is 9. The molecule has 1 aromatic rings. The van der Waals surface area contributed by atoms with E-state index >= 15 is 0 Å². The molecule has 2 amide bonds. The molecule has 25 heavy (non-hydrogen) atoms. The highest BCUT2D eigenvalue weighted by Gasteiger charge is 2.33. The van der Waals surface area contributed by atoms with Gasteiger partial charge in [0.25, 0.3) is 0 Å². The second-order valence-corrected chi connectivity index (χ2v) is 6.22. The smallest absolute Gasteiger partial charge is 0.407 e. The van der Waals surface area contributed by atoms with Crippen molar-refractivity contribution in [3.63, 3.8) is 0 Å². The Bertz CT molecular complexity index is 588. The van der Waals surface area contributed by atoms with Crippen molar-refractivity contribution in [3.8, 4) is 0 Å². The molecule has 0 aromatic heterocycles. The summed E-state index contributed by atoms with van der Waals surface area (Å²) in [6.45, 7) is 3.15. The summed E-state index contributed by atoms with van der Waals surface area (Å²) < 4.78 is 5.05. The number of ether oxygens (including phenoxy) is 1. The van der Waals surface area contributed by atoms with E-state index in [1.165, 1.54) is 0 Å². The summed E-state index contributed by atoms with van der Waals surface area (Å²) in [5.41, 5.74) is -0.138. The fraction of sp³-hybridized carbons (Fsp3) is 0.471. The molecule has 0 bridgehead atoms. The molecule has 0 aliphatic heterocycles. The van der Waals surface area contributed by atoms with E-state index in [1.807, 2.05) is 30.3 Å². The molecule has 8 nitrogen and oxygen atoms in total. The van der Waals surface area contributed by atoms with E-state index in [1.54, 1.807) is 13.8 Å². The maximum absolute atomic E-state index is 11.8. The molecule has 1 aromatic carbocycles. The average Bonchev–Trinajstić information content (AvgIpc) is 2.58. The lowest BCUT2D eigenvalue weighted by Crippen LogP contribution is -2.49. The minimum atomic E-state index is -1.43. The summed E-state index contributed by atoms with van der Waals surface area (Å²) in [6.07, 6.45) is -2.44. The molecular formula is C17H23N2O6-. The number of aliphatic hydroxyl groups is 1. The third kappa shape index (κ3) is 7.67. The van der Waals surface area contributed by atoms with Gasteiger partial charge in [-0.25, -0.2) is 4.79 Å². The topological polar surface area (TPSA) is 128 Å². The van der Waals surface area contributed by atoms with Gasteiger partial charge >= 0.3 is 6.09 Å². The molecule has 1 atom stereocenters. The Morgan fingerprint density at radius 1 is 1.20 bits per heavy atom. The third-order valence-corrected chi connectivity index (χ3v) is 3.52. The minimum Gasteiger partial charge on any atom is -0.550 e. The van der Waals surface area contributed by atoms with Gasteiger partial charge in [-0.2, -0.15) is 0 Å². The molecule has 0 fully saturated rings. The van der Waals surface area contributed by atoms with Gasteiger partial charge < -0.3 is 30.4 Å². The van der Waals surface area contributed by atoms with Crippen LogP contribution in [0.3, 0.4) is 0 Å². The quantitative estimate of drug-likeness (QED) is 0.553. The fourth-order valence-corrected chi connectivity index (χ4v) is 1.91. The molecule has 0 unspecified atom stereocenters. The molecule has 0 spiro atoms. The van der Waals surface area contributed by atoms with Crippen LogP contribution in [-0.4, -0.2) is 42.3 Å². The van der Waals surface area contributed by atoms with E-state index < -0.39 is 29.5 Å². The zero-order valence-corrected chi connectivity index (χ0v) is 14.3. The zero-order chi connectivity index (χ0) is 18.9. The predicted octanol–water partition coefficient (Wildman–Crippen LogP) is -0.444. The SMILES string of the molecule is CC(C)(CNC(=O)OCc1ccccc1)[C@@H](O)C(=O)NCCC(=O)[O-]. The number of amides is 2. The van der Waals surface area contributed by atoms with Crippen molar-refractivity contribution in [2.45, 2.75) is 33.0 Å². The molecule has 138 valence electrons.